The lowest BCUT2D eigenvalue weighted by molar-refractivity contribution is -0.115. The highest BCUT2D eigenvalue weighted by Gasteiger charge is 2.18. The molecule has 60 valence electrons. The number of carbonyl (C=O) groups excluding carboxylic acids is 1. The molecule has 0 aliphatic rings. The Morgan fingerprint density at radius 3 is 2.00 bits per heavy atom. The van der Waals surface area contributed by atoms with E-state index in [1.165, 1.54) is 0 Å². The highest BCUT2D eigenvalue weighted by atomic mass is 35.5. The summed E-state index contributed by atoms with van der Waals surface area (Å²) in [4.78, 5) is 10.6. The summed E-state index contributed by atoms with van der Waals surface area (Å²) in [6.45, 7) is 8.16. The van der Waals surface area contributed by atoms with E-state index in [1.54, 1.807) is 0 Å². The molecule has 0 N–H and O–H groups in total. The normalized spacial score (nSPS) is 14.9. The van der Waals surface area contributed by atoms with Crippen LogP contribution in [0.5, 0.6) is 0 Å². The van der Waals surface area contributed by atoms with Crippen LogP contribution in [0.25, 0.3) is 0 Å². The van der Waals surface area contributed by atoms with Crippen LogP contribution in [0.2, 0.25) is 0 Å². The molecule has 0 spiro atoms. The quantitative estimate of drug-likeness (QED) is 0.571. The standard InChI is InChI=1S/C8H15ClO/c1-6(7(9)10)5-8(2,3)4/h6H,5H2,1-4H3/t6-/m0/s1. The predicted molar refractivity (Wildman–Crippen MR) is 44.1 cm³/mol. The van der Waals surface area contributed by atoms with Gasteiger partial charge in [-0.05, 0) is 23.4 Å². The van der Waals surface area contributed by atoms with E-state index >= 15 is 0 Å². The zero-order valence-electron chi connectivity index (χ0n) is 7.07. The summed E-state index contributed by atoms with van der Waals surface area (Å²) in [5.74, 6) is -0.0123. The molecule has 0 aliphatic heterocycles. The molecule has 0 fully saturated rings. The Morgan fingerprint density at radius 1 is 1.50 bits per heavy atom. The first-order chi connectivity index (χ1) is 4.33. The Hall–Kier alpha value is -0.0400. The summed E-state index contributed by atoms with van der Waals surface area (Å²) < 4.78 is 0. The number of carbonyl (C=O) groups is 1. The van der Waals surface area contributed by atoms with E-state index in [0.717, 1.165) is 6.42 Å². The molecule has 0 aliphatic carbocycles. The molecule has 0 aromatic heterocycles. The molecule has 10 heavy (non-hydrogen) atoms. The van der Waals surface area contributed by atoms with Gasteiger partial charge in [-0.1, -0.05) is 27.7 Å². The second kappa shape index (κ2) is 3.38. The molecule has 2 heteroatoms. The van der Waals surface area contributed by atoms with Crippen LogP contribution < -0.4 is 0 Å². The van der Waals surface area contributed by atoms with Gasteiger partial charge in [0.25, 0.3) is 0 Å². The summed E-state index contributed by atoms with van der Waals surface area (Å²) in [6, 6.07) is 0. The second-order valence-corrected chi connectivity index (χ2v) is 4.34. The average molecular weight is 163 g/mol. The van der Waals surface area contributed by atoms with Crippen molar-refractivity contribution in [3.63, 3.8) is 0 Å². The molecule has 1 atom stereocenters. The first kappa shape index (κ1) is 9.96. The molecule has 0 radical (unpaired) electrons. The monoisotopic (exact) mass is 162 g/mol. The molecule has 0 bridgehead atoms. The topological polar surface area (TPSA) is 17.1 Å². The van der Waals surface area contributed by atoms with Crippen LogP contribution in [0.1, 0.15) is 34.1 Å². The lowest BCUT2D eigenvalue weighted by Crippen LogP contribution is -2.14. The molecule has 0 saturated heterocycles. The Bertz CT molecular complexity index is 124. The molecule has 0 unspecified atom stereocenters. The Balaban J connectivity index is 3.80. The summed E-state index contributed by atoms with van der Waals surface area (Å²) in [5.41, 5.74) is 0.198. The van der Waals surface area contributed by atoms with Crippen LogP contribution in [0.3, 0.4) is 0 Å². The molecule has 0 amide bonds. The minimum absolute atomic E-state index is 0.0123. The zero-order chi connectivity index (χ0) is 8.36. The van der Waals surface area contributed by atoms with Gasteiger partial charge in [0.1, 0.15) is 0 Å². The number of hydrogen-bond acceptors (Lipinski definition) is 1. The van der Waals surface area contributed by atoms with Crippen molar-refractivity contribution < 1.29 is 4.79 Å². The molecule has 0 heterocycles. The Kier molecular flexibility index (Phi) is 3.37. The van der Waals surface area contributed by atoms with E-state index in [-0.39, 0.29) is 16.6 Å². The molecular weight excluding hydrogens is 148 g/mol. The van der Waals surface area contributed by atoms with E-state index in [0.29, 0.717) is 0 Å². The summed E-state index contributed by atoms with van der Waals surface area (Å²) in [6.07, 6.45) is 0.856. The number of rotatable bonds is 2. The SMILES string of the molecule is C[C@@H](CC(C)(C)C)C(=O)Cl. The van der Waals surface area contributed by atoms with Gasteiger partial charge in [0.05, 0.1) is 0 Å². The van der Waals surface area contributed by atoms with Gasteiger partial charge in [0.2, 0.25) is 5.24 Å². The number of hydrogen-bond donors (Lipinski definition) is 0. The van der Waals surface area contributed by atoms with Gasteiger partial charge in [0.15, 0.2) is 0 Å². The fourth-order valence-electron chi connectivity index (χ4n) is 0.999. The van der Waals surface area contributed by atoms with Crippen molar-refractivity contribution in [2.24, 2.45) is 11.3 Å². The lowest BCUT2D eigenvalue weighted by Gasteiger charge is -2.20. The summed E-state index contributed by atoms with van der Waals surface area (Å²) in [7, 11) is 0. The lowest BCUT2D eigenvalue weighted by atomic mass is 9.86. The van der Waals surface area contributed by atoms with Crippen LogP contribution in [0, 0.1) is 11.3 Å². The fraction of sp³-hybridized carbons (Fsp3) is 0.875. The molecule has 1 nitrogen and oxygen atoms in total. The highest BCUT2D eigenvalue weighted by Crippen LogP contribution is 2.25. The second-order valence-electron chi connectivity index (χ2n) is 3.97. The van der Waals surface area contributed by atoms with Crippen molar-refractivity contribution in [2.45, 2.75) is 34.1 Å². The van der Waals surface area contributed by atoms with Crippen molar-refractivity contribution in [1.29, 1.82) is 0 Å². The van der Waals surface area contributed by atoms with Gasteiger partial charge in [-0.2, -0.15) is 0 Å². The maximum atomic E-state index is 10.6. The maximum Gasteiger partial charge on any atom is 0.224 e. The minimum atomic E-state index is -0.227. The molecule has 0 saturated carbocycles. The summed E-state index contributed by atoms with van der Waals surface area (Å²) in [5, 5.41) is -0.227. The van der Waals surface area contributed by atoms with E-state index in [4.69, 9.17) is 11.6 Å². The van der Waals surface area contributed by atoms with E-state index in [2.05, 4.69) is 20.8 Å². The van der Waals surface area contributed by atoms with Crippen molar-refractivity contribution in [1.82, 2.24) is 0 Å². The van der Waals surface area contributed by atoms with Gasteiger partial charge < -0.3 is 0 Å². The smallest absolute Gasteiger partial charge is 0.224 e. The van der Waals surface area contributed by atoms with Crippen molar-refractivity contribution in [3.05, 3.63) is 0 Å². The first-order valence-electron chi connectivity index (χ1n) is 3.52. The van der Waals surface area contributed by atoms with Crippen molar-refractivity contribution >= 4 is 16.8 Å². The fourth-order valence-corrected chi connectivity index (χ4v) is 1.08. The molecule has 0 rings (SSSR count). The molecule has 0 aromatic rings. The predicted octanol–water partition coefficient (Wildman–Crippen LogP) is 2.82. The van der Waals surface area contributed by atoms with Gasteiger partial charge in [-0.3, -0.25) is 4.79 Å². The average Bonchev–Trinajstić information content (AvgIpc) is 1.60. The third kappa shape index (κ3) is 4.80. The number of halogens is 1. The van der Waals surface area contributed by atoms with Crippen LogP contribution in [0.15, 0.2) is 0 Å². The first-order valence-corrected chi connectivity index (χ1v) is 3.90. The molecule has 0 aromatic carbocycles. The Labute approximate surface area is 67.8 Å². The van der Waals surface area contributed by atoms with E-state index in [1.807, 2.05) is 6.92 Å². The van der Waals surface area contributed by atoms with Crippen LogP contribution >= 0.6 is 11.6 Å². The van der Waals surface area contributed by atoms with Crippen LogP contribution in [-0.2, 0) is 4.79 Å². The largest absolute Gasteiger partial charge is 0.281 e. The van der Waals surface area contributed by atoms with Crippen molar-refractivity contribution in [2.75, 3.05) is 0 Å². The van der Waals surface area contributed by atoms with Crippen LogP contribution in [-0.4, -0.2) is 5.24 Å². The van der Waals surface area contributed by atoms with Crippen LogP contribution in [0.4, 0.5) is 0 Å². The third-order valence-corrected chi connectivity index (χ3v) is 1.68. The highest BCUT2D eigenvalue weighted by molar-refractivity contribution is 6.63. The summed E-state index contributed by atoms with van der Waals surface area (Å²) >= 11 is 5.30. The van der Waals surface area contributed by atoms with Gasteiger partial charge in [-0.15, -0.1) is 0 Å². The van der Waals surface area contributed by atoms with E-state index in [9.17, 15) is 4.79 Å². The van der Waals surface area contributed by atoms with E-state index < -0.39 is 0 Å². The van der Waals surface area contributed by atoms with Gasteiger partial charge in [-0.25, -0.2) is 0 Å². The zero-order valence-corrected chi connectivity index (χ0v) is 7.83. The maximum absolute atomic E-state index is 10.6. The minimum Gasteiger partial charge on any atom is -0.281 e. The van der Waals surface area contributed by atoms with Gasteiger partial charge >= 0.3 is 0 Å². The van der Waals surface area contributed by atoms with Crippen molar-refractivity contribution in [3.8, 4) is 0 Å². The van der Waals surface area contributed by atoms with Gasteiger partial charge in [0, 0.05) is 5.92 Å². The third-order valence-electron chi connectivity index (χ3n) is 1.31. The molecular formula is C8H15ClO. The Morgan fingerprint density at radius 2 is 1.90 bits per heavy atom.